The molecular weight excluding hydrogens is 328 g/mol. The zero-order chi connectivity index (χ0) is 18.4. The van der Waals surface area contributed by atoms with Crippen LogP contribution in [-0.4, -0.2) is 42.1 Å². The van der Waals surface area contributed by atoms with Crippen molar-refractivity contribution >= 4 is 11.7 Å². The zero-order valence-electron chi connectivity index (χ0n) is 15.5. The maximum Gasteiger partial charge on any atom is 0.224 e. The number of carbonyl (C=O) groups is 1. The lowest BCUT2D eigenvalue weighted by molar-refractivity contribution is -0.120. The van der Waals surface area contributed by atoms with Gasteiger partial charge in [0.25, 0.3) is 0 Å². The van der Waals surface area contributed by atoms with Crippen LogP contribution in [0, 0.1) is 13.8 Å². The van der Waals surface area contributed by atoms with Gasteiger partial charge in [0.05, 0.1) is 13.0 Å². The summed E-state index contributed by atoms with van der Waals surface area (Å²) in [5.41, 5.74) is 2.18. The van der Waals surface area contributed by atoms with E-state index in [9.17, 15) is 4.79 Å². The summed E-state index contributed by atoms with van der Waals surface area (Å²) in [6, 6.07) is 9.87. The van der Waals surface area contributed by atoms with Crippen LogP contribution in [0.15, 0.2) is 30.3 Å². The monoisotopic (exact) mass is 354 g/mol. The Morgan fingerprint density at radius 3 is 2.77 bits per heavy atom. The molecular formula is C20H26N4O2. The topological polar surface area (TPSA) is 67.3 Å². The Bertz CT molecular complexity index is 757. The minimum absolute atomic E-state index is 0.00387. The van der Waals surface area contributed by atoms with E-state index in [4.69, 9.17) is 4.74 Å². The van der Waals surface area contributed by atoms with Gasteiger partial charge in [-0.15, -0.1) is 0 Å². The van der Waals surface area contributed by atoms with E-state index in [0.29, 0.717) is 31.3 Å². The summed E-state index contributed by atoms with van der Waals surface area (Å²) in [7, 11) is 0. The van der Waals surface area contributed by atoms with Crippen LogP contribution in [0.25, 0.3) is 0 Å². The van der Waals surface area contributed by atoms with Crippen LogP contribution in [0.3, 0.4) is 0 Å². The highest BCUT2D eigenvalue weighted by Crippen LogP contribution is 2.21. The number of carbonyl (C=O) groups excluding carboxylic acids is 1. The fraction of sp³-hybridized carbons (Fsp3) is 0.450. The van der Waals surface area contributed by atoms with E-state index in [2.05, 4.69) is 20.2 Å². The zero-order valence-corrected chi connectivity index (χ0v) is 15.5. The minimum Gasteiger partial charge on any atom is -0.476 e. The molecule has 138 valence electrons. The molecule has 1 aromatic carbocycles. The van der Waals surface area contributed by atoms with Crippen molar-refractivity contribution in [3.8, 4) is 5.88 Å². The molecule has 1 saturated heterocycles. The number of nitrogens with one attached hydrogen (secondary N) is 1. The standard InChI is InChI=1S/C20H26N4O2/c1-15-6-5-7-17(12-15)13-19(25)21-8-11-26-20-14-18(22-16(2)23-20)24-9-3-4-10-24/h5-7,12,14H,3-4,8-11,13H2,1-2H3,(H,21,25). The quantitative estimate of drug-likeness (QED) is 0.774. The largest absolute Gasteiger partial charge is 0.476 e. The van der Waals surface area contributed by atoms with E-state index in [1.54, 1.807) is 0 Å². The van der Waals surface area contributed by atoms with E-state index in [1.807, 2.05) is 44.2 Å². The molecule has 2 aromatic rings. The van der Waals surface area contributed by atoms with Crippen molar-refractivity contribution in [1.29, 1.82) is 0 Å². The number of ether oxygens (including phenoxy) is 1. The number of benzene rings is 1. The Kier molecular flexibility index (Phi) is 6.04. The lowest BCUT2D eigenvalue weighted by Crippen LogP contribution is -2.29. The maximum atomic E-state index is 12.0. The summed E-state index contributed by atoms with van der Waals surface area (Å²) in [6.45, 7) is 6.80. The molecule has 1 aliphatic heterocycles. The normalized spacial score (nSPS) is 13.7. The van der Waals surface area contributed by atoms with E-state index in [0.717, 1.165) is 30.0 Å². The average Bonchev–Trinajstić information content (AvgIpc) is 3.13. The molecule has 0 bridgehead atoms. The minimum atomic E-state index is -0.00387. The van der Waals surface area contributed by atoms with Gasteiger partial charge in [-0.25, -0.2) is 4.98 Å². The van der Waals surface area contributed by atoms with Crippen molar-refractivity contribution in [3.63, 3.8) is 0 Å². The third kappa shape index (κ3) is 5.18. The van der Waals surface area contributed by atoms with Crippen molar-refractivity contribution in [2.75, 3.05) is 31.1 Å². The first-order valence-corrected chi connectivity index (χ1v) is 9.16. The Morgan fingerprint density at radius 1 is 1.19 bits per heavy atom. The molecule has 0 atom stereocenters. The van der Waals surface area contributed by atoms with Gasteiger partial charge in [-0.2, -0.15) is 4.98 Å². The Hall–Kier alpha value is -2.63. The molecule has 2 heterocycles. The number of rotatable bonds is 7. The second-order valence-electron chi connectivity index (χ2n) is 6.67. The lowest BCUT2D eigenvalue weighted by atomic mass is 10.1. The fourth-order valence-electron chi connectivity index (χ4n) is 3.12. The first kappa shape index (κ1) is 18.2. The molecule has 0 radical (unpaired) electrons. The van der Waals surface area contributed by atoms with Crippen LogP contribution in [0.1, 0.15) is 29.8 Å². The van der Waals surface area contributed by atoms with Gasteiger partial charge in [0, 0.05) is 19.2 Å². The van der Waals surface area contributed by atoms with Gasteiger partial charge in [0.2, 0.25) is 11.8 Å². The van der Waals surface area contributed by atoms with E-state index < -0.39 is 0 Å². The second kappa shape index (κ2) is 8.65. The lowest BCUT2D eigenvalue weighted by Gasteiger charge is -2.17. The number of aryl methyl sites for hydroxylation is 2. The smallest absolute Gasteiger partial charge is 0.224 e. The van der Waals surface area contributed by atoms with Crippen molar-refractivity contribution in [2.45, 2.75) is 33.1 Å². The highest BCUT2D eigenvalue weighted by Gasteiger charge is 2.15. The summed E-state index contributed by atoms with van der Waals surface area (Å²) >= 11 is 0. The summed E-state index contributed by atoms with van der Waals surface area (Å²) in [4.78, 5) is 23.1. The predicted octanol–water partition coefficient (Wildman–Crippen LogP) is 2.43. The molecule has 6 heteroatoms. The summed E-state index contributed by atoms with van der Waals surface area (Å²) in [6.07, 6.45) is 2.78. The van der Waals surface area contributed by atoms with Gasteiger partial charge in [-0.05, 0) is 32.3 Å². The molecule has 26 heavy (non-hydrogen) atoms. The van der Waals surface area contributed by atoms with Gasteiger partial charge < -0.3 is 15.0 Å². The van der Waals surface area contributed by atoms with E-state index in [1.165, 1.54) is 12.8 Å². The Balaban J connectivity index is 1.45. The number of anilines is 1. The van der Waals surface area contributed by atoms with Crippen molar-refractivity contribution in [1.82, 2.24) is 15.3 Å². The third-order valence-electron chi connectivity index (χ3n) is 4.35. The molecule has 1 aliphatic rings. The molecule has 0 spiro atoms. The van der Waals surface area contributed by atoms with Crippen molar-refractivity contribution in [3.05, 3.63) is 47.3 Å². The van der Waals surface area contributed by atoms with Gasteiger partial charge in [0.1, 0.15) is 18.2 Å². The average molecular weight is 354 g/mol. The van der Waals surface area contributed by atoms with Gasteiger partial charge in [0.15, 0.2) is 0 Å². The molecule has 0 unspecified atom stereocenters. The first-order chi connectivity index (χ1) is 12.6. The maximum absolute atomic E-state index is 12.0. The second-order valence-corrected chi connectivity index (χ2v) is 6.67. The van der Waals surface area contributed by atoms with Crippen LogP contribution in [-0.2, 0) is 11.2 Å². The highest BCUT2D eigenvalue weighted by atomic mass is 16.5. The van der Waals surface area contributed by atoms with Crippen LogP contribution in [0.5, 0.6) is 5.88 Å². The van der Waals surface area contributed by atoms with Gasteiger partial charge >= 0.3 is 0 Å². The molecule has 0 aliphatic carbocycles. The number of hydrogen-bond acceptors (Lipinski definition) is 5. The Morgan fingerprint density at radius 2 is 2.00 bits per heavy atom. The molecule has 3 rings (SSSR count). The molecule has 1 fully saturated rings. The number of nitrogens with zero attached hydrogens (tertiary/aromatic N) is 3. The SMILES string of the molecule is Cc1cccc(CC(=O)NCCOc2cc(N3CCCC3)nc(C)n2)c1. The van der Waals surface area contributed by atoms with Gasteiger partial charge in [-0.3, -0.25) is 4.79 Å². The summed E-state index contributed by atoms with van der Waals surface area (Å²) in [5.74, 6) is 2.18. The Labute approximate surface area is 154 Å². The summed E-state index contributed by atoms with van der Waals surface area (Å²) in [5, 5.41) is 2.89. The molecule has 1 amide bonds. The van der Waals surface area contributed by atoms with E-state index >= 15 is 0 Å². The molecule has 0 saturated carbocycles. The highest BCUT2D eigenvalue weighted by molar-refractivity contribution is 5.78. The van der Waals surface area contributed by atoms with Crippen LogP contribution in [0.2, 0.25) is 0 Å². The van der Waals surface area contributed by atoms with Crippen LogP contribution in [0.4, 0.5) is 5.82 Å². The first-order valence-electron chi connectivity index (χ1n) is 9.16. The van der Waals surface area contributed by atoms with Crippen LogP contribution >= 0.6 is 0 Å². The van der Waals surface area contributed by atoms with Crippen molar-refractivity contribution < 1.29 is 9.53 Å². The van der Waals surface area contributed by atoms with Crippen LogP contribution < -0.4 is 15.0 Å². The van der Waals surface area contributed by atoms with Gasteiger partial charge in [-0.1, -0.05) is 29.8 Å². The molecule has 1 N–H and O–H groups in total. The summed E-state index contributed by atoms with van der Waals surface area (Å²) < 4.78 is 5.71. The fourth-order valence-corrected chi connectivity index (χ4v) is 3.12. The number of aromatic nitrogens is 2. The predicted molar refractivity (Wildman–Crippen MR) is 102 cm³/mol. The number of hydrogen-bond donors (Lipinski definition) is 1. The van der Waals surface area contributed by atoms with Crippen molar-refractivity contribution in [2.24, 2.45) is 0 Å². The number of amides is 1. The molecule has 6 nitrogen and oxygen atoms in total. The molecule has 1 aromatic heterocycles. The van der Waals surface area contributed by atoms with E-state index in [-0.39, 0.29) is 5.91 Å². The third-order valence-corrected chi connectivity index (χ3v) is 4.35.